The van der Waals surface area contributed by atoms with Crippen LogP contribution in [0.2, 0.25) is 10.0 Å². The minimum absolute atomic E-state index is 0.102. The van der Waals surface area contributed by atoms with Crippen LogP contribution in [0, 0.1) is 0 Å². The monoisotopic (exact) mass is 521 g/mol. The van der Waals surface area contributed by atoms with Gasteiger partial charge in [0.15, 0.2) is 0 Å². The van der Waals surface area contributed by atoms with E-state index in [1.807, 2.05) is 0 Å². The number of carbonyl (C=O) groups is 2. The molecule has 2 unspecified atom stereocenters. The summed E-state index contributed by atoms with van der Waals surface area (Å²) in [6.45, 7) is 2.49. The molecule has 1 aromatic rings. The van der Waals surface area contributed by atoms with E-state index in [-0.39, 0.29) is 25.5 Å². The van der Waals surface area contributed by atoms with Crippen LogP contribution in [0.1, 0.15) is 18.4 Å². The number of hydrogen-bond acceptors (Lipinski definition) is 7. The van der Waals surface area contributed by atoms with E-state index in [1.165, 1.54) is 12.0 Å². The summed E-state index contributed by atoms with van der Waals surface area (Å²) in [6, 6.07) is 3.90. The van der Waals surface area contributed by atoms with Crippen LogP contribution in [0.15, 0.2) is 18.2 Å². The number of methoxy groups -OCH3 is 1. The van der Waals surface area contributed by atoms with Crippen molar-refractivity contribution in [2.24, 2.45) is 0 Å². The summed E-state index contributed by atoms with van der Waals surface area (Å²) in [6.07, 6.45) is 2.58. The fraction of sp³-hybridized carbons (Fsp3) is 0.619. The molecule has 3 rings (SSSR count). The Hall–Kier alpha value is -1.59. The van der Waals surface area contributed by atoms with E-state index in [2.05, 4.69) is 4.90 Å². The third kappa shape index (κ3) is 6.95. The summed E-state index contributed by atoms with van der Waals surface area (Å²) in [5.41, 5.74) is 0.716. The van der Waals surface area contributed by atoms with Gasteiger partial charge in [-0.25, -0.2) is 4.79 Å². The first-order valence-electron chi connectivity index (χ1n) is 10.7. The molecule has 2 fully saturated rings. The van der Waals surface area contributed by atoms with Crippen molar-refractivity contribution >= 4 is 45.3 Å². The number of nitrogens with zero attached hydrogens (tertiary/aromatic N) is 3. The molecule has 0 saturated carbocycles. The standard InChI is InChI=1S/C21H29Cl2N3O6S/c1-31-21(28)26-10-9-25(20(27)12-15-5-6-16(22)17(23)11-15)18(13-24-7-3-4-8-24)19(26)14-32-33(2,29)30/h5-6,11,18-19H,3-4,7-10,12-14H2,1-2H3. The molecule has 0 N–H and O–H groups in total. The Morgan fingerprint density at radius 3 is 2.30 bits per heavy atom. The second-order valence-corrected chi connectivity index (χ2v) is 10.8. The minimum atomic E-state index is -3.75. The number of hydrogen-bond donors (Lipinski definition) is 0. The molecular formula is C21H29Cl2N3O6S. The first kappa shape index (κ1) is 26.0. The van der Waals surface area contributed by atoms with Gasteiger partial charge in [0.1, 0.15) is 0 Å². The fourth-order valence-electron chi connectivity index (χ4n) is 4.39. The predicted octanol–water partition coefficient (Wildman–Crippen LogP) is 2.26. The highest BCUT2D eigenvalue weighted by Gasteiger charge is 2.43. The van der Waals surface area contributed by atoms with Crippen LogP contribution >= 0.6 is 23.2 Å². The van der Waals surface area contributed by atoms with Gasteiger partial charge in [0.2, 0.25) is 5.91 Å². The fourth-order valence-corrected chi connectivity index (χ4v) is 5.09. The summed E-state index contributed by atoms with van der Waals surface area (Å²) in [5, 5.41) is 0.773. The van der Waals surface area contributed by atoms with Crippen molar-refractivity contribution in [2.75, 3.05) is 52.7 Å². The highest BCUT2D eigenvalue weighted by Crippen LogP contribution is 2.26. The van der Waals surface area contributed by atoms with E-state index < -0.39 is 28.3 Å². The van der Waals surface area contributed by atoms with Gasteiger partial charge in [-0.3, -0.25) is 13.9 Å². The molecule has 2 aliphatic heterocycles. The van der Waals surface area contributed by atoms with Gasteiger partial charge in [-0.15, -0.1) is 0 Å². The number of likely N-dealkylation sites (tertiary alicyclic amines) is 1. The van der Waals surface area contributed by atoms with Crippen LogP contribution in [-0.2, 0) is 30.3 Å². The molecule has 1 aromatic carbocycles. The molecule has 0 spiro atoms. The largest absolute Gasteiger partial charge is 0.453 e. The molecule has 2 amide bonds. The molecule has 2 saturated heterocycles. The zero-order valence-corrected chi connectivity index (χ0v) is 21.0. The number of carbonyl (C=O) groups excluding carboxylic acids is 2. The van der Waals surface area contributed by atoms with Gasteiger partial charge in [0, 0.05) is 19.6 Å². The number of halogens is 2. The number of rotatable bonds is 7. The zero-order valence-electron chi connectivity index (χ0n) is 18.7. The molecule has 184 valence electrons. The Labute approximate surface area is 204 Å². The van der Waals surface area contributed by atoms with Crippen molar-refractivity contribution < 1.29 is 26.9 Å². The lowest BCUT2D eigenvalue weighted by Gasteiger charge is -2.47. The zero-order chi connectivity index (χ0) is 24.2. The Kier molecular flexibility index (Phi) is 8.85. The van der Waals surface area contributed by atoms with E-state index in [0.717, 1.165) is 32.2 Å². The molecular weight excluding hydrogens is 493 g/mol. The van der Waals surface area contributed by atoms with Gasteiger partial charge in [0.25, 0.3) is 10.1 Å². The number of piperazine rings is 1. The van der Waals surface area contributed by atoms with Crippen molar-refractivity contribution in [1.29, 1.82) is 0 Å². The van der Waals surface area contributed by atoms with E-state index >= 15 is 0 Å². The number of benzene rings is 1. The van der Waals surface area contributed by atoms with E-state index in [0.29, 0.717) is 28.7 Å². The van der Waals surface area contributed by atoms with Gasteiger partial charge < -0.3 is 14.5 Å². The van der Waals surface area contributed by atoms with Crippen LogP contribution < -0.4 is 0 Å². The van der Waals surface area contributed by atoms with Crippen molar-refractivity contribution in [2.45, 2.75) is 31.3 Å². The molecule has 0 radical (unpaired) electrons. The van der Waals surface area contributed by atoms with Crippen LogP contribution in [0.25, 0.3) is 0 Å². The molecule has 2 heterocycles. The van der Waals surface area contributed by atoms with Crippen molar-refractivity contribution in [3.63, 3.8) is 0 Å². The molecule has 2 aliphatic rings. The quantitative estimate of drug-likeness (QED) is 0.507. The van der Waals surface area contributed by atoms with Gasteiger partial charge in [-0.1, -0.05) is 29.3 Å². The maximum Gasteiger partial charge on any atom is 0.409 e. The van der Waals surface area contributed by atoms with Gasteiger partial charge in [0.05, 0.1) is 48.5 Å². The van der Waals surface area contributed by atoms with Gasteiger partial charge in [-0.05, 0) is 43.6 Å². The Bertz CT molecular complexity index is 971. The summed E-state index contributed by atoms with van der Waals surface area (Å²) in [5.74, 6) is -0.147. The van der Waals surface area contributed by atoms with Crippen LogP contribution in [0.4, 0.5) is 4.79 Å². The molecule has 12 heteroatoms. The Morgan fingerprint density at radius 1 is 1.03 bits per heavy atom. The second kappa shape index (κ2) is 11.2. The van der Waals surface area contributed by atoms with Crippen LogP contribution in [0.5, 0.6) is 0 Å². The van der Waals surface area contributed by atoms with Crippen molar-refractivity contribution in [3.8, 4) is 0 Å². The maximum atomic E-state index is 13.4. The minimum Gasteiger partial charge on any atom is -0.453 e. The van der Waals surface area contributed by atoms with E-state index in [1.54, 1.807) is 23.1 Å². The number of amides is 2. The van der Waals surface area contributed by atoms with Crippen LogP contribution in [-0.4, -0.2) is 99.9 Å². The smallest absolute Gasteiger partial charge is 0.409 e. The van der Waals surface area contributed by atoms with Crippen LogP contribution in [0.3, 0.4) is 0 Å². The molecule has 9 nitrogen and oxygen atoms in total. The van der Waals surface area contributed by atoms with E-state index in [9.17, 15) is 18.0 Å². The third-order valence-electron chi connectivity index (χ3n) is 5.99. The predicted molar refractivity (Wildman–Crippen MR) is 125 cm³/mol. The number of ether oxygens (including phenoxy) is 1. The SMILES string of the molecule is COC(=O)N1CCN(C(=O)Cc2ccc(Cl)c(Cl)c2)C(CN2CCCC2)C1COS(C)(=O)=O. The van der Waals surface area contributed by atoms with Crippen molar-refractivity contribution in [1.82, 2.24) is 14.7 Å². The first-order valence-corrected chi connectivity index (χ1v) is 13.3. The lowest BCUT2D eigenvalue weighted by Crippen LogP contribution is -2.66. The summed E-state index contributed by atoms with van der Waals surface area (Å²) >= 11 is 12.1. The first-order chi connectivity index (χ1) is 15.6. The highest BCUT2D eigenvalue weighted by molar-refractivity contribution is 7.85. The molecule has 33 heavy (non-hydrogen) atoms. The third-order valence-corrected chi connectivity index (χ3v) is 7.30. The van der Waals surface area contributed by atoms with E-state index in [4.69, 9.17) is 32.1 Å². The summed E-state index contributed by atoms with van der Waals surface area (Å²) in [7, 11) is -2.48. The molecule has 0 aliphatic carbocycles. The molecule has 0 aromatic heterocycles. The Morgan fingerprint density at radius 2 is 1.70 bits per heavy atom. The average molecular weight is 522 g/mol. The lowest BCUT2D eigenvalue weighted by molar-refractivity contribution is -0.138. The van der Waals surface area contributed by atoms with Gasteiger partial charge in [-0.2, -0.15) is 8.42 Å². The molecule has 0 bridgehead atoms. The summed E-state index contributed by atoms with van der Waals surface area (Å²) in [4.78, 5) is 31.2. The molecule has 2 atom stereocenters. The summed E-state index contributed by atoms with van der Waals surface area (Å²) < 4.78 is 33.5. The normalized spacial score (nSPS) is 21.9. The lowest BCUT2D eigenvalue weighted by atomic mass is 10.00. The second-order valence-electron chi connectivity index (χ2n) is 8.31. The topological polar surface area (TPSA) is 96.5 Å². The average Bonchev–Trinajstić information content (AvgIpc) is 3.27. The maximum absolute atomic E-state index is 13.4. The highest BCUT2D eigenvalue weighted by atomic mass is 35.5. The van der Waals surface area contributed by atoms with Gasteiger partial charge >= 0.3 is 6.09 Å². The Balaban J connectivity index is 1.88. The van der Waals surface area contributed by atoms with Crippen molar-refractivity contribution in [3.05, 3.63) is 33.8 Å².